The molecule has 0 aliphatic rings. The van der Waals surface area contributed by atoms with Crippen LogP contribution in [0.5, 0.6) is 0 Å². The second kappa shape index (κ2) is 12.5. The van der Waals surface area contributed by atoms with E-state index in [0.717, 1.165) is 58.0 Å². The predicted molar refractivity (Wildman–Crippen MR) is 143 cm³/mol. The lowest BCUT2D eigenvalue weighted by Gasteiger charge is -2.04. The van der Waals surface area contributed by atoms with E-state index in [1.54, 1.807) is 0 Å². The number of unbranched alkanes of at least 4 members (excludes halogenated alkanes) is 1. The van der Waals surface area contributed by atoms with E-state index < -0.39 is 0 Å². The fourth-order valence-electron chi connectivity index (χ4n) is 3.65. The summed E-state index contributed by atoms with van der Waals surface area (Å²) in [5.74, 6) is -0.185. The van der Waals surface area contributed by atoms with Crippen molar-refractivity contribution in [2.24, 2.45) is 0 Å². The van der Waals surface area contributed by atoms with Gasteiger partial charge in [0.2, 0.25) is 22.1 Å². The van der Waals surface area contributed by atoms with Crippen LogP contribution < -0.4 is 10.6 Å². The Balaban J connectivity index is 1.16. The largest absolute Gasteiger partial charge is 0.300 e. The maximum Gasteiger partial charge on any atom is 0.230 e. The summed E-state index contributed by atoms with van der Waals surface area (Å²) in [6.07, 6.45) is 4.03. The number of nitrogens with zero attached hydrogens (tertiary/aromatic N) is 4. The number of amides is 2. The summed E-state index contributed by atoms with van der Waals surface area (Å²) in [5.41, 5.74) is 4.20. The van der Waals surface area contributed by atoms with Crippen molar-refractivity contribution >= 4 is 44.8 Å². The van der Waals surface area contributed by atoms with Gasteiger partial charge in [0.25, 0.3) is 0 Å². The third-order valence-electron chi connectivity index (χ3n) is 5.68. The summed E-state index contributed by atoms with van der Waals surface area (Å²) in [7, 11) is 0. The number of anilines is 2. The van der Waals surface area contributed by atoms with Gasteiger partial charge in [0.1, 0.15) is 10.0 Å². The van der Waals surface area contributed by atoms with Crippen LogP contribution >= 0.6 is 22.7 Å². The zero-order valence-corrected chi connectivity index (χ0v) is 21.9. The molecule has 2 aromatic carbocycles. The van der Waals surface area contributed by atoms with Gasteiger partial charge in [-0.1, -0.05) is 71.2 Å². The minimum Gasteiger partial charge on any atom is -0.300 e. The molecular formula is C26H28N6O2S2. The van der Waals surface area contributed by atoms with Crippen molar-refractivity contribution < 1.29 is 9.59 Å². The van der Waals surface area contributed by atoms with Crippen molar-refractivity contribution in [1.29, 1.82) is 0 Å². The van der Waals surface area contributed by atoms with Crippen LogP contribution in [0.1, 0.15) is 45.1 Å². The van der Waals surface area contributed by atoms with Crippen molar-refractivity contribution in [3.05, 3.63) is 80.8 Å². The van der Waals surface area contributed by atoms with E-state index in [-0.39, 0.29) is 11.8 Å². The van der Waals surface area contributed by atoms with Gasteiger partial charge in [-0.15, -0.1) is 20.4 Å². The monoisotopic (exact) mass is 520 g/mol. The third-order valence-corrected chi connectivity index (χ3v) is 7.48. The van der Waals surface area contributed by atoms with Gasteiger partial charge in [-0.2, -0.15) is 0 Å². The second-order valence-corrected chi connectivity index (χ2v) is 10.6. The SMILES string of the molecule is Cc1ccccc1CC(=O)Nc1nnc(CCCCc2nnc(NC(=O)Cc3ccccc3C)s2)s1. The number of aromatic nitrogens is 4. The van der Waals surface area contributed by atoms with Crippen LogP contribution in [0.2, 0.25) is 0 Å². The van der Waals surface area contributed by atoms with E-state index in [2.05, 4.69) is 31.0 Å². The summed E-state index contributed by atoms with van der Waals surface area (Å²) in [5, 5.41) is 25.1. The Morgan fingerprint density at radius 2 is 1.08 bits per heavy atom. The molecule has 0 saturated carbocycles. The molecule has 36 heavy (non-hydrogen) atoms. The highest BCUT2D eigenvalue weighted by molar-refractivity contribution is 7.15. The van der Waals surface area contributed by atoms with Crippen LogP contribution in [-0.4, -0.2) is 32.2 Å². The maximum atomic E-state index is 12.3. The van der Waals surface area contributed by atoms with E-state index >= 15 is 0 Å². The number of hydrogen-bond acceptors (Lipinski definition) is 8. The molecule has 0 fully saturated rings. The number of aryl methyl sites for hydroxylation is 4. The van der Waals surface area contributed by atoms with Gasteiger partial charge in [-0.05, 0) is 48.9 Å². The minimum atomic E-state index is -0.0925. The molecule has 0 spiro atoms. The number of benzene rings is 2. The van der Waals surface area contributed by atoms with Crippen molar-refractivity contribution in [3.8, 4) is 0 Å². The van der Waals surface area contributed by atoms with Gasteiger partial charge >= 0.3 is 0 Å². The highest BCUT2D eigenvalue weighted by Crippen LogP contribution is 2.21. The topological polar surface area (TPSA) is 110 Å². The van der Waals surface area contributed by atoms with E-state index in [0.29, 0.717) is 23.1 Å². The molecule has 0 radical (unpaired) electrons. The van der Waals surface area contributed by atoms with Crippen molar-refractivity contribution in [3.63, 3.8) is 0 Å². The molecular weight excluding hydrogens is 492 g/mol. The Morgan fingerprint density at radius 1 is 0.667 bits per heavy atom. The van der Waals surface area contributed by atoms with Crippen molar-refractivity contribution in [2.75, 3.05) is 10.6 Å². The fourth-order valence-corrected chi connectivity index (χ4v) is 5.25. The number of hydrogen-bond donors (Lipinski definition) is 2. The van der Waals surface area contributed by atoms with Gasteiger partial charge in [0.05, 0.1) is 12.8 Å². The number of carbonyl (C=O) groups is 2. The first-order valence-corrected chi connectivity index (χ1v) is 13.4. The van der Waals surface area contributed by atoms with Crippen LogP contribution in [0, 0.1) is 13.8 Å². The normalized spacial score (nSPS) is 10.8. The smallest absolute Gasteiger partial charge is 0.230 e. The summed E-state index contributed by atoms with van der Waals surface area (Å²) in [6.45, 7) is 3.99. The van der Waals surface area contributed by atoms with Crippen molar-refractivity contribution in [2.45, 2.75) is 52.4 Å². The molecule has 2 heterocycles. The summed E-state index contributed by atoms with van der Waals surface area (Å²) in [4.78, 5) is 24.7. The molecule has 4 aromatic rings. The molecule has 186 valence electrons. The first-order valence-electron chi connectivity index (χ1n) is 11.8. The number of carbonyl (C=O) groups excluding carboxylic acids is 2. The molecule has 0 aliphatic carbocycles. The van der Waals surface area contributed by atoms with Crippen LogP contribution in [-0.2, 0) is 35.3 Å². The predicted octanol–water partition coefficient (Wildman–Crippen LogP) is 4.93. The first-order chi connectivity index (χ1) is 17.5. The van der Waals surface area contributed by atoms with E-state index in [9.17, 15) is 9.59 Å². The average Bonchev–Trinajstić information content (AvgIpc) is 3.49. The van der Waals surface area contributed by atoms with Crippen LogP contribution in [0.25, 0.3) is 0 Å². The highest BCUT2D eigenvalue weighted by Gasteiger charge is 2.12. The Morgan fingerprint density at radius 3 is 1.50 bits per heavy atom. The number of nitrogens with one attached hydrogen (secondary N) is 2. The van der Waals surface area contributed by atoms with Gasteiger partial charge in [0.15, 0.2) is 0 Å². The molecule has 0 bridgehead atoms. The zero-order chi connectivity index (χ0) is 25.3. The lowest BCUT2D eigenvalue weighted by molar-refractivity contribution is -0.116. The molecule has 8 nitrogen and oxygen atoms in total. The maximum absolute atomic E-state index is 12.3. The molecule has 2 aromatic heterocycles. The van der Waals surface area contributed by atoms with Crippen LogP contribution in [0.15, 0.2) is 48.5 Å². The minimum absolute atomic E-state index is 0.0925. The lowest BCUT2D eigenvalue weighted by Crippen LogP contribution is -2.14. The van der Waals surface area contributed by atoms with E-state index in [4.69, 9.17) is 0 Å². The molecule has 0 saturated heterocycles. The molecule has 10 heteroatoms. The summed E-state index contributed by atoms with van der Waals surface area (Å²) >= 11 is 2.82. The molecule has 2 amide bonds. The van der Waals surface area contributed by atoms with E-state index in [1.165, 1.54) is 22.7 Å². The summed E-state index contributed by atoms with van der Waals surface area (Å²) < 4.78 is 0. The van der Waals surface area contributed by atoms with E-state index in [1.807, 2.05) is 62.4 Å². The number of rotatable bonds is 11. The zero-order valence-electron chi connectivity index (χ0n) is 20.3. The molecule has 0 atom stereocenters. The standard InChI is InChI=1S/C26H28N6O2S2/c1-17-9-3-5-11-19(17)15-21(33)27-25-31-29-23(35-25)13-7-8-14-24-30-32-26(36-24)28-22(34)16-20-12-6-4-10-18(20)2/h3-6,9-12H,7-8,13-16H2,1-2H3,(H,27,31,33)(H,28,32,34). The third kappa shape index (κ3) is 7.50. The van der Waals surface area contributed by atoms with Crippen LogP contribution in [0.4, 0.5) is 10.3 Å². The van der Waals surface area contributed by atoms with Gasteiger partial charge < -0.3 is 10.6 Å². The second-order valence-electron chi connectivity index (χ2n) is 8.51. The Bertz CT molecular complexity index is 1230. The van der Waals surface area contributed by atoms with Gasteiger partial charge in [-0.25, -0.2) is 0 Å². The van der Waals surface area contributed by atoms with Crippen LogP contribution in [0.3, 0.4) is 0 Å². The Hall–Kier alpha value is -3.50. The lowest BCUT2D eigenvalue weighted by atomic mass is 10.1. The quantitative estimate of drug-likeness (QED) is 0.271. The van der Waals surface area contributed by atoms with Gasteiger partial charge in [-0.3, -0.25) is 9.59 Å². The molecule has 0 unspecified atom stereocenters. The molecule has 2 N–H and O–H groups in total. The highest BCUT2D eigenvalue weighted by atomic mass is 32.1. The first kappa shape index (κ1) is 25.6. The Kier molecular flexibility index (Phi) is 8.85. The Labute approximate surface area is 218 Å². The fraction of sp³-hybridized carbons (Fsp3) is 0.308. The molecule has 0 aliphatic heterocycles. The summed E-state index contributed by atoms with van der Waals surface area (Å²) in [6, 6.07) is 15.7. The average molecular weight is 521 g/mol. The van der Waals surface area contributed by atoms with Gasteiger partial charge in [0, 0.05) is 12.8 Å². The van der Waals surface area contributed by atoms with Crippen molar-refractivity contribution in [1.82, 2.24) is 20.4 Å². The molecule has 4 rings (SSSR count).